The van der Waals surface area contributed by atoms with E-state index in [-0.39, 0.29) is 18.0 Å². The van der Waals surface area contributed by atoms with Gasteiger partial charge in [0.05, 0.1) is 12.7 Å². The third kappa shape index (κ3) is 2.77. The number of hydrogen-bond donors (Lipinski definition) is 1. The van der Waals surface area contributed by atoms with Crippen LogP contribution in [0.4, 0.5) is 4.39 Å². The Bertz CT molecular complexity index is 352. The van der Waals surface area contributed by atoms with Gasteiger partial charge in [0.25, 0.3) is 0 Å². The lowest BCUT2D eigenvalue weighted by Gasteiger charge is -2.32. The Morgan fingerprint density at radius 3 is 2.80 bits per heavy atom. The van der Waals surface area contributed by atoms with E-state index in [1.807, 2.05) is 6.07 Å². The molecule has 0 unspecified atom stereocenters. The van der Waals surface area contributed by atoms with Gasteiger partial charge in [-0.1, -0.05) is 22.0 Å². The molecule has 0 atom stereocenters. The van der Waals surface area contributed by atoms with E-state index in [2.05, 4.69) is 15.9 Å². The van der Waals surface area contributed by atoms with Crippen molar-refractivity contribution in [3.05, 3.63) is 34.1 Å². The molecule has 4 heteroatoms. The van der Waals surface area contributed by atoms with Gasteiger partial charge in [-0.3, -0.25) is 0 Å². The molecule has 2 N–H and O–H groups in total. The van der Waals surface area contributed by atoms with E-state index in [0.29, 0.717) is 12.2 Å². The molecule has 1 aromatic carbocycles. The van der Waals surface area contributed by atoms with Gasteiger partial charge in [-0.25, -0.2) is 4.39 Å². The van der Waals surface area contributed by atoms with Gasteiger partial charge in [-0.15, -0.1) is 0 Å². The van der Waals surface area contributed by atoms with E-state index in [9.17, 15) is 4.39 Å². The summed E-state index contributed by atoms with van der Waals surface area (Å²) < 4.78 is 19.6. The van der Waals surface area contributed by atoms with Gasteiger partial charge in [-0.2, -0.15) is 0 Å². The van der Waals surface area contributed by atoms with E-state index in [4.69, 9.17) is 10.5 Å². The third-order valence-corrected chi connectivity index (χ3v) is 3.11. The minimum absolute atomic E-state index is 0.211. The summed E-state index contributed by atoms with van der Waals surface area (Å²) >= 11 is 3.21. The highest BCUT2D eigenvalue weighted by Crippen LogP contribution is 2.23. The SMILES string of the molecule is NC1CC(OCc2ccc(Br)cc2F)C1. The van der Waals surface area contributed by atoms with Crippen LogP contribution in [0.3, 0.4) is 0 Å². The van der Waals surface area contributed by atoms with Crippen LogP contribution in [0.1, 0.15) is 18.4 Å². The third-order valence-electron chi connectivity index (χ3n) is 2.62. The van der Waals surface area contributed by atoms with E-state index in [1.165, 1.54) is 6.07 Å². The molecule has 0 spiro atoms. The van der Waals surface area contributed by atoms with E-state index >= 15 is 0 Å². The molecule has 0 bridgehead atoms. The zero-order valence-electron chi connectivity index (χ0n) is 8.25. The van der Waals surface area contributed by atoms with Gasteiger partial charge in [0.15, 0.2) is 0 Å². The molecule has 1 fully saturated rings. The van der Waals surface area contributed by atoms with Gasteiger partial charge in [0.1, 0.15) is 5.82 Å². The maximum Gasteiger partial charge on any atom is 0.129 e. The van der Waals surface area contributed by atoms with Crippen LogP contribution in [0, 0.1) is 5.82 Å². The molecule has 82 valence electrons. The highest BCUT2D eigenvalue weighted by molar-refractivity contribution is 9.10. The smallest absolute Gasteiger partial charge is 0.129 e. The molecule has 1 saturated carbocycles. The molecule has 2 nitrogen and oxygen atoms in total. The van der Waals surface area contributed by atoms with Gasteiger partial charge >= 0.3 is 0 Å². The first-order valence-corrected chi connectivity index (χ1v) is 5.75. The van der Waals surface area contributed by atoms with Crippen molar-refractivity contribution in [2.24, 2.45) is 5.73 Å². The fraction of sp³-hybridized carbons (Fsp3) is 0.455. The van der Waals surface area contributed by atoms with Crippen LogP contribution in [0.15, 0.2) is 22.7 Å². The molecule has 0 amide bonds. The monoisotopic (exact) mass is 273 g/mol. The summed E-state index contributed by atoms with van der Waals surface area (Å²) in [4.78, 5) is 0. The minimum atomic E-state index is -0.229. The van der Waals surface area contributed by atoms with E-state index in [0.717, 1.165) is 17.3 Å². The van der Waals surface area contributed by atoms with Crippen molar-refractivity contribution in [3.63, 3.8) is 0 Å². The van der Waals surface area contributed by atoms with Crippen LogP contribution in [-0.4, -0.2) is 12.1 Å². The second-order valence-corrected chi connectivity index (χ2v) is 4.82. The zero-order valence-corrected chi connectivity index (χ0v) is 9.84. The average Bonchev–Trinajstić information content (AvgIpc) is 2.13. The van der Waals surface area contributed by atoms with Crippen molar-refractivity contribution in [2.45, 2.75) is 31.6 Å². The standard InChI is InChI=1S/C11H13BrFNO/c12-8-2-1-7(11(13)3-8)6-15-10-4-9(14)5-10/h1-3,9-10H,4-6,14H2. The molecule has 0 radical (unpaired) electrons. The molecule has 15 heavy (non-hydrogen) atoms. The number of nitrogens with two attached hydrogens (primary N) is 1. The molecule has 1 aliphatic carbocycles. The van der Waals surface area contributed by atoms with Gasteiger partial charge in [0.2, 0.25) is 0 Å². The Morgan fingerprint density at radius 2 is 2.20 bits per heavy atom. The second kappa shape index (κ2) is 4.60. The van der Waals surface area contributed by atoms with Gasteiger partial charge in [0, 0.05) is 16.1 Å². The number of rotatable bonds is 3. The summed E-state index contributed by atoms with van der Waals surface area (Å²) in [6.07, 6.45) is 1.99. The Balaban J connectivity index is 1.88. The fourth-order valence-corrected chi connectivity index (χ4v) is 1.92. The van der Waals surface area contributed by atoms with Crippen LogP contribution in [0.2, 0.25) is 0 Å². The quantitative estimate of drug-likeness (QED) is 0.919. The lowest BCUT2D eigenvalue weighted by Crippen LogP contribution is -2.41. The van der Waals surface area contributed by atoms with Crippen LogP contribution in [0.25, 0.3) is 0 Å². The van der Waals surface area contributed by atoms with Crippen LogP contribution >= 0.6 is 15.9 Å². The lowest BCUT2D eigenvalue weighted by atomic mass is 9.90. The number of benzene rings is 1. The second-order valence-electron chi connectivity index (χ2n) is 3.90. The Labute approximate surface area is 96.7 Å². The molecule has 0 aliphatic heterocycles. The summed E-state index contributed by atoms with van der Waals surface area (Å²) in [6, 6.07) is 5.27. The van der Waals surface area contributed by atoms with E-state index in [1.54, 1.807) is 6.07 Å². The normalized spacial score (nSPS) is 25.0. The molecule has 0 saturated heterocycles. The number of ether oxygens (including phenoxy) is 1. The summed E-state index contributed by atoms with van der Waals surface area (Å²) in [5.41, 5.74) is 6.22. The average molecular weight is 274 g/mol. The van der Waals surface area contributed by atoms with Crippen molar-refractivity contribution in [1.82, 2.24) is 0 Å². The summed E-state index contributed by atoms with van der Waals surface area (Å²) in [5.74, 6) is -0.229. The predicted octanol–water partition coefficient (Wildman–Crippen LogP) is 2.59. The van der Waals surface area contributed by atoms with Crippen LogP contribution in [0.5, 0.6) is 0 Å². The first kappa shape index (κ1) is 11.0. The molecule has 0 heterocycles. The Hall–Kier alpha value is -0.450. The Morgan fingerprint density at radius 1 is 1.47 bits per heavy atom. The van der Waals surface area contributed by atoms with Gasteiger partial charge in [-0.05, 0) is 25.0 Å². The molecular weight excluding hydrogens is 261 g/mol. The topological polar surface area (TPSA) is 35.2 Å². The molecular formula is C11H13BrFNO. The summed E-state index contributed by atoms with van der Waals surface area (Å²) in [5, 5.41) is 0. The molecule has 0 aromatic heterocycles. The van der Waals surface area contributed by atoms with Crippen LogP contribution < -0.4 is 5.73 Å². The number of halogens is 2. The number of hydrogen-bond acceptors (Lipinski definition) is 2. The summed E-state index contributed by atoms with van der Waals surface area (Å²) in [6.45, 7) is 0.330. The Kier molecular flexibility index (Phi) is 3.38. The first-order valence-electron chi connectivity index (χ1n) is 4.96. The van der Waals surface area contributed by atoms with E-state index < -0.39 is 0 Å². The largest absolute Gasteiger partial charge is 0.373 e. The van der Waals surface area contributed by atoms with Gasteiger partial charge < -0.3 is 10.5 Å². The van der Waals surface area contributed by atoms with Crippen molar-refractivity contribution in [3.8, 4) is 0 Å². The predicted molar refractivity (Wildman–Crippen MR) is 59.9 cm³/mol. The summed E-state index contributed by atoms with van der Waals surface area (Å²) in [7, 11) is 0. The maximum atomic E-state index is 13.4. The van der Waals surface area contributed by atoms with Crippen LogP contribution in [-0.2, 0) is 11.3 Å². The first-order chi connectivity index (χ1) is 7.15. The van der Waals surface area contributed by atoms with Crippen molar-refractivity contribution >= 4 is 15.9 Å². The molecule has 1 aliphatic rings. The van der Waals surface area contributed by atoms with Crippen molar-refractivity contribution in [2.75, 3.05) is 0 Å². The molecule has 2 rings (SSSR count). The zero-order chi connectivity index (χ0) is 10.8. The van der Waals surface area contributed by atoms with Crippen molar-refractivity contribution in [1.29, 1.82) is 0 Å². The molecule has 1 aromatic rings. The lowest BCUT2D eigenvalue weighted by molar-refractivity contribution is -0.0198. The highest BCUT2D eigenvalue weighted by atomic mass is 79.9. The van der Waals surface area contributed by atoms with Crippen molar-refractivity contribution < 1.29 is 9.13 Å². The maximum absolute atomic E-state index is 13.4. The minimum Gasteiger partial charge on any atom is -0.373 e. The highest BCUT2D eigenvalue weighted by Gasteiger charge is 2.26. The fourth-order valence-electron chi connectivity index (χ4n) is 1.59.